The molecule has 1 aromatic carbocycles. The lowest BCUT2D eigenvalue weighted by Crippen LogP contribution is -2.54. The average molecular weight is 594 g/mol. The van der Waals surface area contributed by atoms with Crippen molar-refractivity contribution >= 4 is 10.9 Å². The van der Waals surface area contributed by atoms with Gasteiger partial charge in [0.25, 0.3) is 5.56 Å². The number of hydrogen-bond acceptors (Lipinski definition) is 10. The molecule has 8 rings (SSSR count). The van der Waals surface area contributed by atoms with E-state index < -0.39 is 41.6 Å². The number of hydrogen-bond donors (Lipinski definition) is 3. The summed E-state index contributed by atoms with van der Waals surface area (Å²) in [6.07, 6.45) is 2.99. The Morgan fingerprint density at radius 2 is 2.09 bits per heavy atom. The molecule has 0 radical (unpaired) electrons. The highest BCUT2D eigenvalue weighted by Crippen LogP contribution is 2.45. The largest absolute Gasteiger partial charge is 0.497 e. The Labute approximate surface area is 244 Å². The van der Waals surface area contributed by atoms with Crippen molar-refractivity contribution in [2.75, 3.05) is 20.2 Å². The highest BCUT2D eigenvalue weighted by atomic mass is 19.1. The number of methoxy groups -OCH3 is 1. The topological polar surface area (TPSA) is 161 Å². The van der Waals surface area contributed by atoms with Gasteiger partial charge in [-0.3, -0.25) is 24.2 Å². The van der Waals surface area contributed by atoms with Crippen LogP contribution >= 0.6 is 0 Å². The van der Waals surface area contributed by atoms with Gasteiger partial charge in [-0.25, -0.2) is 9.48 Å². The second-order valence-electron chi connectivity index (χ2n) is 11.6. The van der Waals surface area contributed by atoms with Gasteiger partial charge in [-0.1, -0.05) is 5.21 Å². The van der Waals surface area contributed by atoms with Gasteiger partial charge in [0.2, 0.25) is 5.82 Å². The number of piperidine rings is 3. The number of halogens is 1. The number of ether oxygens (including phenoxy) is 2. The number of fused-ring (bicyclic) bond motifs is 4. The average Bonchev–Trinajstić information content (AvgIpc) is 3.64. The third kappa shape index (κ3) is 5.03. The minimum atomic E-state index is -1.11. The van der Waals surface area contributed by atoms with Crippen LogP contribution in [0, 0.1) is 11.7 Å². The number of H-pyrrole nitrogens is 1. The van der Waals surface area contributed by atoms with E-state index in [1.54, 1.807) is 18.0 Å². The standard InChI is InChI=1S/C29H32FN7O6/c1-42-16-2-3-21-18(9-16)17(4-6-31-21)27(39)23-8-15-5-7-35(23)11-19(15)22-13-36(34-33-22)14-25-24(38)10-26(43-25)37-12-20(30)28(40)32-29(37)41/h2-4,6,9,12-13,15,19,23-27,38-39H,5,7-8,10-11,14H2,1H3,(H,32,40,41)/t15?,19?,23-,24?,25?,26?,27+/m0/s1. The van der Waals surface area contributed by atoms with Gasteiger partial charge in [-0.2, -0.15) is 4.39 Å². The number of nitrogens with zero attached hydrogens (tertiary/aromatic N) is 6. The number of nitrogens with one attached hydrogen (secondary N) is 1. The summed E-state index contributed by atoms with van der Waals surface area (Å²) >= 11 is 0. The fourth-order valence-corrected chi connectivity index (χ4v) is 6.95. The molecule has 0 spiro atoms. The zero-order chi connectivity index (χ0) is 29.8. The van der Waals surface area contributed by atoms with E-state index in [0.717, 1.165) is 58.9 Å². The Bertz CT molecular complexity index is 1770. The number of rotatable bonds is 7. The maximum absolute atomic E-state index is 13.8. The Hall–Kier alpha value is -3.98. The number of aliphatic hydroxyl groups is 2. The maximum atomic E-state index is 13.8. The van der Waals surface area contributed by atoms with Gasteiger partial charge in [0.15, 0.2) is 0 Å². The van der Waals surface area contributed by atoms with Crippen molar-refractivity contribution in [2.45, 2.75) is 62.3 Å². The van der Waals surface area contributed by atoms with Crippen LogP contribution in [0.5, 0.6) is 5.75 Å². The smallest absolute Gasteiger partial charge is 0.330 e. The molecule has 14 heteroatoms. The zero-order valence-corrected chi connectivity index (χ0v) is 23.4. The summed E-state index contributed by atoms with van der Waals surface area (Å²) in [6, 6.07) is 7.52. The Morgan fingerprint density at radius 1 is 1.23 bits per heavy atom. The van der Waals surface area contributed by atoms with E-state index in [2.05, 4.69) is 20.2 Å². The number of aliphatic hydroxyl groups excluding tert-OH is 2. The summed E-state index contributed by atoms with van der Waals surface area (Å²) < 4.78 is 27.6. The van der Waals surface area contributed by atoms with E-state index in [1.165, 1.54) is 0 Å². The molecule has 13 nitrogen and oxygen atoms in total. The van der Waals surface area contributed by atoms with Crippen molar-refractivity contribution in [1.29, 1.82) is 0 Å². The third-order valence-corrected chi connectivity index (χ3v) is 9.21. The van der Waals surface area contributed by atoms with E-state index in [4.69, 9.17) is 9.47 Å². The molecule has 4 aliphatic heterocycles. The Kier molecular flexibility index (Phi) is 7.08. The van der Waals surface area contributed by atoms with Crippen molar-refractivity contribution in [2.24, 2.45) is 5.92 Å². The number of aromatic amines is 1. The SMILES string of the molecule is COc1ccc2nccc([C@@H](O)[C@@H]3CC4CC[N@]3CC4c3cn(CC4OC(n5cc(F)c(=O)[nH]c5=O)CC4O)nn3)c2c1. The quantitative estimate of drug-likeness (QED) is 0.283. The summed E-state index contributed by atoms with van der Waals surface area (Å²) in [7, 11) is 1.62. The molecule has 7 heterocycles. The van der Waals surface area contributed by atoms with Crippen molar-refractivity contribution in [1.82, 2.24) is 34.4 Å². The van der Waals surface area contributed by atoms with E-state index in [1.807, 2.05) is 35.4 Å². The third-order valence-electron chi connectivity index (χ3n) is 9.21. The first-order valence-corrected chi connectivity index (χ1v) is 14.4. The Morgan fingerprint density at radius 3 is 2.88 bits per heavy atom. The van der Waals surface area contributed by atoms with Crippen LogP contribution in [0.3, 0.4) is 0 Å². The van der Waals surface area contributed by atoms with Gasteiger partial charge < -0.3 is 19.7 Å². The molecule has 8 atom stereocenters. The molecule has 4 fully saturated rings. The molecule has 5 unspecified atom stereocenters. The number of benzene rings is 1. The molecule has 0 aliphatic carbocycles. The summed E-state index contributed by atoms with van der Waals surface area (Å²) in [5.41, 5.74) is 0.568. The second kappa shape index (κ2) is 10.9. The first-order valence-electron chi connectivity index (χ1n) is 14.4. The Balaban J connectivity index is 1.03. The van der Waals surface area contributed by atoms with E-state index in [0.29, 0.717) is 11.7 Å². The van der Waals surface area contributed by atoms with Gasteiger partial charge in [-0.15, -0.1) is 5.10 Å². The van der Waals surface area contributed by atoms with Crippen LogP contribution in [0.1, 0.15) is 48.8 Å². The van der Waals surface area contributed by atoms with Gasteiger partial charge in [-0.05, 0) is 55.1 Å². The van der Waals surface area contributed by atoms with Crippen molar-refractivity contribution < 1.29 is 24.1 Å². The van der Waals surface area contributed by atoms with E-state index >= 15 is 0 Å². The van der Waals surface area contributed by atoms with Crippen LogP contribution in [0.4, 0.5) is 4.39 Å². The molecule has 3 N–H and O–H groups in total. The summed E-state index contributed by atoms with van der Waals surface area (Å²) in [6.45, 7) is 1.81. The molecular weight excluding hydrogens is 561 g/mol. The van der Waals surface area contributed by atoms with Gasteiger partial charge in [0.1, 0.15) is 18.1 Å². The fraction of sp³-hybridized carbons (Fsp3) is 0.483. The molecule has 2 bridgehead atoms. The van der Waals surface area contributed by atoms with Crippen LogP contribution in [-0.4, -0.2) is 83.1 Å². The van der Waals surface area contributed by atoms with E-state index in [9.17, 15) is 24.2 Å². The monoisotopic (exact) mass is 593 g/mol. The van der Waals surface area contributed by atoms with Crippen LogP contribution in [0.25, 0.3) is 10.9 Å². The molecule has 43 heavy (non-hydrogen) atoms. The van der Waals surface area contributed by atoms with Crippen LogP contribution in [0.2, 0.25) is 0 Å². The molecule has 0 saturated carbocycles. The molecule has 226 valence electrons. The normalized spacial score (nSPS) is 29.3. The summed E-state index contributed by atoms with van der Waals surface area (Å²) in [4.78, 5) is 32.2. The molecule has 3 aromatic heterocycles. The fourth-order valence-electron chi connectivity index (χ4n) is 6.95. The molecule has 0 amide bonds. The maximum Gasteiger partial charge on any atom is 0.330 e. The van der Waals surface area contributed by atoms with E-state index in [-0.39, 0.29) is 24.9 Å². The molecule has 4 aromatic rings. The first kappa shape index (κ1) is 27.8. The van der Waals surface area contributed by atoms with Crippen molar-refractivity contribution in [3.05, 3.63) is 80.8 Å². The number of pyridine rings is 1. The first-order chi connectivity index (χ1) is 20.8. The summed E-state index contributed by atoms with van der Waals surface area (Å²) in [5, 5.41) is 31.8. The molecule has 4 saturated heterocycles. The van der Waals surface area contributed by atoms with Gasteiger partial charge >= 0.3 is 5.69 Å². The molecular formula is C29H32FN7O6. The molecule has 4 aliphatic rings. The van der Waals surface area contributed by atoms with Gasteiger partial charge in [0, 0.05) is 42.7 Å². The minimum absolute atomic E-state index is 0.0398. The summed E-state index contributed by atoms with van der Waals surface area (Å²) in [5.74, 6) is 0.0683. The second-order valence-corrected chi connectivity index (χ2v) is 11.6. The predicted octanol–water partition coefficient (Wildman–Crippen LogP) is 1.08. The van der Waals surface area contributed by atoms with Crippen LogP contribution in [-0.2, 0) is 11.3 Å². The van der Waals surface area contributed by atoms with Crippen LogP contribution in [0.15, 0.2) is 52.4 Å². The lowest BCUT2D eigenvalue weighted by molar-refractivity contribution is -0.0382. The lowest BCUT2D eigenvalue weighted by Gasteiger charge is -2.50. The minimum Gasteiger partial charge on any atom is -0.497 e. The number of aromatic nitrogens is 6. The van der Waals surface area contributed by atoms with Crippen molar-refractivity contribution in [3.63, 3.8) is 0 Å². The van der Waals surface area contributed by atoms with Gasteiger partial charge in [0.05, 0.1) is 43.3 Å². The predicted molar refractivity (Wildman–Crippen MR) is 150 cm³/mol. The van der Waals surface area contributed by atoms with Crippen molar-refractivity contribution in [3.8, 4) is 5.75 Å². The highest BCUT2D eigenvalue weighted by molar-refractivity contribution is 5.84. The highest BCUT2D eigenvalue weighted by Gasteiger charge is 2.45. The lowest BCUT2D eigenvalue weighted by atomic mass is 9.72. The van der Waals surface area contributed by atoms with Crippen LogP contribution < -0.4 is 16.0 Å². The zero-order valence-electron chi connectivity index (χ0n) is 23.4.